The predicted octanol–water partition coefficient (Wildman–Crippen LogP) is 1.54. The number of hydrogen-bond acceptors (Lipinski definition) is 5. The molecule has 144 valence electrons. The van der Waals surface area contributed by atoms with E-state index in [0.29, 0.717) is 28.6 Å². The lowest BCUT2D eigenvalue weighted by molar-refractivity contribution is 0.220. The van der Waals surface area contributed by atoms with Gasteiger partial charge in [0.15, 0.2) is 16.3 Å². The number of fused-ring (bicyclic) bond motifs is 1. The van der Waals surface area contributed by atoms with Crippen molar-refractivity contribution in [3.8, 4) is 0 Å². The lowest BCUT2D eigenvalue weighted by atomic mass is 10.1. The number of nitrogens with zero attached hydrogens (tertiary/aromatic N) is 4. The minimum Gasteiger partial charge on any atom is -0.393 e. The lowest BCUT2D eigenvalue weighted by Crippen LogP contribution is -2.37. The van der Waals surface area contributed by atoms with Crippen molar-refractivity contribution in [3.63, 3.8) is 0 Å². The van der Waals surface area contributed by atoms with Crippen molar-refractivity contribution < 1.29 is 5.11 Å². The highest BCUT2D eigenvalue weighted by atomic mass is 32.2. The van der Waals surface area contributed by atoms with E-state index >= 15 is 0 Å². The van der Waals surface area contributed by atoms with Crippen LogP contribution in [0.25, 0.3) is 11.2 Å². The van der Waals surface area contributed by atoms with Crippen molar-refractivity contribution in [1.82, 2.24) is 18.7 Å². The van der Waals surface area contributed by atoms with Gasteiger partial charge in [-0.05, 0) is 25.3 Å². The Hall–Kier alpha value is -2.32. The molecule has 0 fully saturated rings. The Labute approximate surface area is 161 Å². The Morgan fingerprint density at radius 2 is 1.85 bits per heavy atom. The average Bonchev–Trinajstić information content (AvgIpc) is 3.02. The van der Waals surface area contributed by atoms with Gasteiger partial charge in [0.1, 0.15) is 0 Å². The number of aromatic nitrogens is 4. The van der Waals surface area contributed by atoms with E-state index in [1.54, 1.807) is 14.0 Å². The van der Waals surface area contributed by atoms with Crippen LogP contribution in [-0.4, -0.2) is 35.6 Å². The smallest absolute Gasteiger partial charge is 0.332 e. The van der Waals surface area contributed by atoms with E-state index in [1.807, 2.05) is 22.8 Å². The highest BCUT2D eigenvalue weighted by Crippen LogP contribution is 2.23. The van der Waals surface area contributed by atoms with Crippen molar-refractivity contribution >= 4 is 22.9 Å². The minimum atomic E-state index is -0.487. The molecule has 27 heavy (non-hydrogen) atoms. The predicted molar refractivity (Wildman–Crippen MR) is 107 cm³/mol. The minimum absolute atomic E-state index is 0.343. The van der Waals surface area contributed by atoms with Crippen LogP contribution in [0.2, 0.25) is 0 Å². The molecule has 0 radical (unpaired) electrons. The Balaban J connectivity index is 2.00. The lowest BCUT2D eigenvalue weighted by Gasteiger charge is -2.10. The van der Waals surface area contributed by atoms with Gasteiger partial charge in [0.25, 0.3) is 5.56 Å². The molecule has 0 bridgehead atoms. The zero-order chi connectivity index (χ0) is 19.6. The summed E-state index contributed by atoms with van der Waals surface area (Å²) in [7, 11) is 3.10. The van der Waals surface area contributed by atoms with E-state index in [4.69, 9.17) is 0 Å². The molecule has 0 saturated carbocycles. The fourth-order valence-corrected chi connectivity index (χ4v) is 3.90. The van der Waals surface area contributed by atoms with E-state index in [2.05, 4.69) is 17.1 Å². The van der Waals surface area contributed by atoms with Gasteiger partial charge in [0, 0.05) is 26.4 Å². The summed E-state index contributed by atoms with van der Waals surface area (Å²) in [5, 5.41) is 10.3. The first-order chi connectivity index (χ1) is 12.9. The summed E-state index contributed by atoms with van der Waals surface area (Å²) >= 11 is 1.39. The third-order valence-corrected chi connectivity index (χ3v) is 5.68. The summed E-state index contributed by atoms with van der Waals surface area (Å²) < 4.78 is 4.39. The van der Waals surface area contributed by atoms with Crippen LogP contribution < -0.4 is 11.2 Å². The molecule has 0 saturated heterocycles. The summed E-state index contributed by atoms with van der Waals surface area (Å²) in [4.78, 5) is 29.5. The van der Waals surface area contributed by atoms with Gasteiger partial charge in [0.05, 0.1) is 6.10 Å². The van der Waals surface area contributed by atoms with Gasteiger partial charge in [-0.3, -0.25) is 13.9 Å². The third kappa shape index (κ3) is 4.01. The molecule has 1 aromatic carbocycles. The van der Waals surface area contributed by atoms with Crippen LogP contribution in [0.3, 0.4) is 0 Å². The zero-order valence-corrected chi connectivity index (χ0v) is 16.6. The fraction of sp³-hybridized carbons (Fsp3) is 0.421. The maximum Gasteiger partial charge on any atom is 0.332 e. The van der Waals surface area contributed by atoms with Crippen LogP contribution in [0, 0.1) is 0 Å². The van der Waals surface area contributed by atoms with Gasteiger partial charge in [-0.2, -0.15) is 0 Å². The summed E-state index contributed by atoms with van der Waals surface area (Å²) in [5.74, 6) is 0.469. The highest BCUT2D eigenvalue weighted by molar-refractivity contribution is 7.99. The van der Waals surface area contributed by atoms with E-state index in [0.717, 1.165) is 17.4 Å². The second-order valence-electron chi connectivity index (χ2n) is 6.67. The molecule has 3 rings (SSSR count). The zero-order valence-electron chi connectivity index (χ0n) is 15.8. The van der Waals surface area contributed by atoms with Crippen molar-refractivity contribution in [2.75, 3.05) is 5.75 Å². The van der Waals surface area contributed by atoms with Crippen LogP contribution in [0.15, 0.2) is 45.1 Å². The second-order valence-corrected chi connectivity index (χ2v) is 7.66. The molecular weight excluding hydrogens is 364 g/mol. The topological polar surface area (TPSA) is 82.1 Å². The molecule has 0 unspecified atom stereocenters. The maximum atomic E-state index is 12.7. The Morgan fingerprint density at radius 3 is 2.52 bits per heavy atom. The average molecular weight is 388 g/mol. The van der Waals surface area contributed by atoms with Gasteiger partial charge in [-0.15, -0.1) is 0 Å². The number of thioether (sulfide) groups is 1. The number of benzene rings is 1. The summed E-state index contributed by atoms with van der Waals surface area (Å²) in [6, 6.07) is 10.2. The molecule has 3 aromatic rings. The molecule has 0 aliphatic rings. The summed E-state index contributed by atoms with van der Waals surface area (Å²) in [6.07, 6.45) is 1.23. The Kier molecular flexibility index (Phi) is 5.86. The number of aliphatic hydroxyl groups excluding tert-OH is 1. The Morgan fingerprint density at radius 1 is 1.15 bits per heavy atom. The third-order valence-electron chi connectivity index (χ3n) is 4.46. The van der Waals surface area contributed by atoms with Gasteiger partial charge < -0.3 is 9.67 Å². The van der Waals surface area contributed by atoms with Crippen molar-refractivity contribution in [1.29, 1.82) is 0 Å². The monoisotopic (exact) mass is 388 g/mol. The molecule has 1 N–H and O–H groups in total. The van der Waals surface area contributed by atoms with E-state index in [1.165, 1.54) is 28.9 Å². The largest absolute Gasteiger partial charge is 0.393 e. The van der Waals surface area contributed by atoms with Gasteiger partial charge in [-0.1, -0.05) is 42.1 Å². The molecule has 0 aliphatic carbocycles. The van der Waals surface area contributed by atoms with Crippen LogP contribution in [0.5, 0.6) is 0 Å². The number of aliphatic hydroxyl groups is 1. The molecule has 0 aliphatic heterocycles. The Bertz CT molecular complexity index is 1050. The van der Waals surface area contributed by atoms with Crippen LogP contribution in [0.4, 0.5) is 0 Å². The molecule has 0 amide bonds. The molecule has 0 spiro atoms. The number of aryl methyl sites for hydroxylation is 3. The van der Waals surface area contributed by atoms with Crippen LogP contribution >= 0.6 is 11.8 Å². The standard InChI is InChI=1S/C19H24N4O3S/c1-13(24)12-27-18-20-16-15(17(25)22(3)19(26)21(16)2)23(18)11-7-10-14-8-5-4-6-9-14/h4-6,8-9,13,24H,7,10-12H2,1-3H3/t13-/m1/s1. The molecule has 7 nitrogen and oxygen atoms in total. The first kappa shape index (κ1) is 19.4. The van der Waals surface area contributed by atoms with Crippen molar-refractivity contribution in [2.45, 2.75) is 37.6 Å². The SMILES string of the molecule is C[C@@H](O)CSc1nc2c(c(=O)n(C)c(=O)n2C)n1CCCc1ccccc1. The van der Waals surface area contributed by atoms with Gasteiger partial charge >= 0.3 is 5.69 Å². The van der Waals surface area contributed by atoms with E-state index in [9.17, 15) is 14.7 Å². The van der Waals surface area contributed by atoms with Crippen molar-refractivity contribution in [2.24, 2.45) is 14.1 Å². The van der Waals surface area contributed by atoms with Gasteiger partial charge in [-0.25, -0.2) is 9.78 Å². The van der Waals surface area contributed by atoms with Crippen LogP contribution in [-0.2, 0) is 27.1 Å². The summed E-state index contributed by atoms with van der Waals surface area (Å²) in [6.45, 7) is 2.32. The summed E-state index contributed by atoms with van der Waals surface area (Å²) in [5.41, 5.74) is 1.31. The fourth-order valence-electron chi connectivity index (χ4n) is 3.03. The number of hydrogen-bond donors (Lipinski definition) is 1. The van der Waals surface area contributed by atoms with Crippen molar-refractivity contribution in [3.05, 3.63) is 56.7 Å². The number of rotatable bonds is 7. The van der Waals surface area contributed by atoms with E-state index in [-0.39, 0.29) is 5.56 Å². The maximum absolute atomic E-state index is 12.7. The number of imidazole rings is 1. The molecule has 1 atom stereocenters. The normalized spacial score (nSPS) is 12.6. The first-order valence-electron chi connectivity index (χ1n) is 8.91. The molecular formula is C19H24N4O3S. The molecule has 2 heterocycles. The van der Waals surface area contributed by atoms with Crippen LogP contribution in [0.1, 0.15) is 18.9 Å². The van der Waals surface area contributed by atoms with E-state index < -0.39 is 11.8 Å². The first-order valence-corrected chi connectivity index (χ1v) is 9.89. The van der Waals surface area contributed by atoms with Gasteiger partial charge in [0.2, 0.25) is 0 Å². The second kappa shape index (κ2) is 8.14. The highest BCUT2D eigenvalue weighted by Gasteiger charge is 2.19. The molecule has 2 aromatic heterocycles. The molecule has 8 heteroatoms. The quantitative estimate of drug-likeness (QED) is 0.621.